The molecule has 0 spiro atoms. The fourth-order valence-corrected chi connectivity index (χ4v) is 4.50. The van der Waals surface area contributed by atoms with Crippen molar-refractivity contribution >= 4 is 33.3 Å². The molecule has 0 unspecified atom stereocenters. The lowest BCUT2D eigenvalue weighted by Crippen LogP contribution is -2.46. The highest BCUT2D eigenvalue weighted by molar-refractivity contribution is 7.88. The van der Waals surface area contributed by atoms with E-state index in [4.69, 9.17) is 0 Å². The van der Waals surface area contributed by atoms with Gasteiger partial charge in [-0.25, -0.2) is 18.1 Å². The fourth-order valence-electron chi connectivity index (χ4n) is 3.66. The quantitative estimate of drug-likeness (QED) is 0.441. The Bertz CT molecular complexity index is 1110. The number of allylic oxidation sites excluding steroid dienone is 3. The zero-order chi connectivity index (χ0) is 23.1. The van der Waals surface area contributed by atoms with Crippen LogP contribution in [-0.2, 0) is 14.8 Å². The Labute approximate surface area is 188 Å². The van der Waals surface area contributed by atoms with Crippen LogP contribution in [0.3, 0.4) is 0 Å². The highest BCUT2D eigenvalue weighted by Gasteiger charge is 2.26. The van der Waals surface area contributed by atoms with E-state index in [0.29, 0.717) is 43.8 Å². The molecule has 0 aromatic carbocycles. The molecule has 0 bridgehead atoms. The van der Waals surface area contributed by atoms with E-state index in [2.05, 4.69) is 21.6 Å². The Kier molecular flexibility index (Phi) is 7.81. The van der Waals surface area contributed by atoms with Gasteiger partial charge < -0.3 is 10.2 Å². The van der Waals surface area contributed by atoms with Gasteiger partial charge in [-0.15, -0.1) is 0 Å². The molecular formula is C22H29N5O4S. The van der Waals surface area contributed by atoms with Gasteiger partial charge in [-0.05, 0) is 37.8 Å². The number of piperidine rings is 1. The molecular weight excluding hydrogens is 430 g/mol. The van der Waals surface area contributed by atoms with Crippen molar-refractivity contribution < 1.29 is 18.0 Å². The van der Waals surface area contributed by atoms with Crippen LogP contribution in [0.25, 0.3) is 5.65 Å². The number of imidazole rings is 1. The molecule has 172 valence electrons. The molecule has 1 aliphatic rings. The molecule has 0 radical (unpaired) electrons. The minimum absolute atomic E-state index is 0.105. The molecule has 0 atom stereocenters. The number of aromatic nitrogens is 2. The third-order valence-electron chi connectivity index (χ3n) is 5.19. The van der Waals surface area contributed by atoms with Crippen molar-refractivity contribution in [2.75, 3.05) is 24.7 Å². The van der Waals surface area contributed by atoms with E-state index in [1.54, 1.807) is 39.8 Å². The van der Waals surface area contributed by atoms with Crippen LogP contribution in [0.4, 0.5) is 5.82 Å². The van der Waals surface area contributed by atoms with Gasteiger partial charge in [0.15, 0.2) is 0 Å². The molecule has 2 aromatic rings. The number of anilines is 1. The number of nitrogens with one attached hydrogen (secondary N) is 2. The molecule has 3 heterocycles. The standard InChI is InChI=1S/C22H29N5O4S/c1-3-4-5-6-7-11-21(28)24-20-10-8-9-19-23-18(16-27(19)20)22(29)26-14-12-17(13-15-26)25-32(2,30)31/h3-5,8-10,16-17,25H,1,6-7,11-15H2,2H3,(H,24,28)/b5-4-. The molecule has 2 N–H and O–H groups in total. The number of pyridine rings is 1. The van der Waals surface area contributed by atoms with Gasteiger partial charge in [-0.3, -0.25) is 14.0 Å². The lowest BCUT2D eigenvalue weighted by molar-refractivity contribution is -0.116. The molecule has 2 aromatic heterocycles. The highest BCUT2D eigenvalue weighted by Crippen LogP contribution is 2.18. The first-order chi connectivity index (χ1) is 15.3. The number of amides is 2. The highest BCUT2D eigenvalue weighted by atomic mass is 32.2. The van der Waals surface area contributed by atoms with Crippen LogP contribution in [0.1, 0.15) is 42.6 Å². The number of carbonyl (C=O) groups excluding carboxylic acids is 2. The van der Waals surface area contributed by atoms with Crippen LogP contribution in [0.2, 0.25) is 0 Å². The molecule has 32 heavy (non-hydrogen) atoms. The summed E-state index contributed by atoms with van der Waals surface area (Å²) in [4.78, 5) is 31.3. The molecule has 1 fully saturated rings. The molecule has 10 heteroatoms. The van der Waals surface area contributed by atoms with Crippen molar-refractivity contribution in [1.82, 2.24) is 19.0 Å². The normalized spacial score (nSPS) is 15.3. The number of nitrogens with zero attached hydrogens (tertiary/aromatic N) is 3. The zero-order valence-electron chi connectivity index (χ0n) is 18.2. The smallest absolute Gasteiger partial charge is 0.274 e. The Morgan fingerprint density at radius 1 is 1.28 bits per heavy atom. The van der Waals surface area contributed by atoms with Gasteiger partial charge >= 0.3 is 0 Å². The lowest BCUT2D eigenvalue weighted by atomic mass is 10.1. The van der Waals surface area contributed by atoms with E-state index in [-0.39, 0.29) is 23.6 Å². The average molecular weight is 460 g/mol. The summed E-state index contributed by atoms with van der Waals surface area (Å²) in [5.74, 6) is 0.237. The van der Waals surface area contributed by atoms with Crippen LogP contribution >= 0.6 is 0 Å². The maximum Gasteiger partial charge on any atom is 0.274 e. The SMILES string of the molecule is C=C/C=C\CCCC(=O)Nc1cccc2nc(C(=O)N3CCC(NS(C)(=O)=O)CC3)cn12. The Hall–Kier alpha value is -2.98. The first-order valence-corrected chi connectivity index (χ1v) is 12.5. The zero-order valence-corrected chi connectivity index (χ0v) is 19.0. The third kappa shape index (κ3) is 6.51. The van der Waals surface area contributed by atoms with Gasteiger partial charge in [-0.2, -0.15) is 0 Å². The van der Waals surface area contributed by atoms with Crippen molar-refractivity contribution in [3.05, 3.63) is 54.9 Å². The molecule has 0 aliphatic carbocycles. The van der Waals surface area contributed by atoms with E-state index >= 15 is 0 Å². The summed E-state index contributed by atoms with van der Waals surface area (Å²) in [6, 6.07) is 5.15. The number of likely N-dealkylation sites (tertiary alicyclic amines) is 1. The number of hydrogen-bond donors (Lipinski definition) is 2. The van der Waals surface area contributed by atoms with Gasteiger partial charge in [-0.1, -0.05) is 30.9 Å². The summed E-state index contributed by atoms with van der Waals surface area (Å²) in [7, 11) is -3.27. The maximum atomic E-state index is 12.9. The monoisotopic (exact) mass is 459 g/mol. The van der Waals surface area contributed by atoms with Crippen molar-refractivity contribution in [3.63, 3.8) is 0 Å². The number of sulfonamides is 1. The number of hydrogen-bond acceptors (Lipinski definition) is 5. The van der Waals surface area contributed by atoms with Crippen LogP contribution in [-0.4, -0.2) is 59.9 Å². The minimum Gasteiger partial charge on any atom is -0.337 e. The second kappa shape index (κ2) is 10.6. The number of carbonyl (C=O) groups is 2. The molecule has 1 saturated heterocycles. The lowest BCUT2D eigenvalue weighted by Gasteiger charge is -2.31. The third-order valence-corrected chi connectivity index (χ3v) is 5.95. The predicted molar refractivity (Wildman–Crippen MR) is 124 cm³/mol. The Balaban J connectivity index is 1.63. The van der Waals surface area contributed by atoms with Crippen molar-refractivity contribution in [3.8, 4) is 0 Å². The predicted octanol–water partition coefficient (Wildman–Crippen LogP) is 2.34. The second-order valence-corrected chi connectivity index (χ2v) is 9.61. The largest absolute Gasteiger partial charge is 0.337 e. The van der Waals surface area contributed by atoms with Crippen LogP contribution < -0.4 is 10.0 Å². The average Bonchev–Trinajstić information content (AvgIpc) is 3.18. The van der Waals surface area contributed by atoms with Gasteiger partial charge in [0.25, 0.3) is 5.91 Å². The van der Waals surface area contributed by atoms with E-state index in [0.717, 1.165) is 19.1 Å². The molecule has 0 saturated carbocycles. The van der Waals surface area contributed by atoms with Crippen LogP contribution in [0.15, 0.2) is 49.2 Å². The first-order valence-electron chi connectivity index (χ1n) is 10.6. The Morgan fingerprint density at radius 3 is 2.72 bits per heavy atom. The van der Waals surface area contributed by atoms with Crippen LogP contribution in [0.5, 0.6) is 0 Å². The van der Waals surface area contributed by atoms with E-state index in [1.807, 2.05) is 12.2 Å². The van der Waals surface area contributed by atoms with Crippen LogP contribution in [0, 0.1) is 0 Å². The molecule has 9 nitrogen and oxygen atoms in total. The van der Waals surface area contributed by atoms with Gasteiger partial charge in [0.2, 0.25) is 15.9 Å². The number of fused-ring (bicyclic) bond motifs is 1. The molecule has 3 rings (SSSR count). The van der Waals surface area contributed by atoms with E-state index < -0.39 is 10.0 Å². The Morgan fingerprint density at radius 2 is 2.03 bits per heavy atom. The fraction of sp³-hybridized carbons (Fsp3) is 0.409. The summed E-state index contributed by atoms with van der Waals surface area (Å²) in [6.07, 6.45) is 11.3. The topological polar surface area (TPSA) is 113 Å². The van der Waals surface area contributed by atoms with E-state index in [9.17, 15) is 18.0 Å². The number of unbranched alkanes of at least 4 members (excludes halogenated alkanes) is 1. The summed E-state index contributed by atoms with van der Waals surface area (Å²) >= 11 is 0. The minimum atomic E-state index is -3.27. The summed E-state index contributed by atoms with van der Waals surface area (Å²) in [6.45, 7) is 4.51. The van der Waals surface area contributed by atoms with Crippen molar-refractivity contribution in [2.24, 2.45) is 0 Å². The van der Waals surface area contributed by atoms with Gasteiger partial charge in [0, 0.05) is 31.7 Å². The number of rotatable bonds is 9. The summed E-state index contributed by atoms with van der Waals surface area (Å²) in [5, 5.41) is 2.88. The van der Waals surface area contributed by atoms with Crippen molar-refractivity contribution in [1.29, 1.82) is 0 Å². The maximum absolute atomic E-state index is 12.9. The summed E-state index contributed by atoms with van der Waals surface area (Å²) in [5.41, 5.74) is 0.851. The molecule has 1 aliphatic heterocycles. The van der Waals surface area contributed by atoms with Crippen molar-refractivity contribution in [2.45, 2.75) is 38.1 Å². The van der Waals surface area contributed by atoms with Gasteiger partial charge in [0.05, 0.1) is 6.26 Å². The first kappa shape index (κ1) is 23.7. The second-order valence-electron chi connectivity index (χ2n) is 7.83. The van der Waals surface area contributed by atoms with E-state index in [1.165, 1.54) is 0 Å². The summed E-state index contributed by atoms with van der Waals surface area (Å²) < 4.78 is 27.1. The molecule has 2 amide bonds. The van der Waals surface area contributed by atoms with Gasteiger partial charge in [0.1, 0.15) is 17.2 Å².